The predicted octanol–water partition coefficient (Wildman–Crippen LogP) is 2.26. The molecule has 0 radical (unpaired) electrons. The summed E-state index contributed by atoms with van der Waals surface area (Å²) in [5.74, 6) is -1.22. The Labute approximate surface area is 89.3 Å². The fourth-order valence-electron chi connectivity index (χ4n) is 1.20. The first-order chi connectivity index (χ1) is 7.16. The van der Waals surface area contributed by atoms with Crippen LogP contribution in [0.15, 0.2) is 24.4 Å². The first kappa shape index (κ1) is 10.0. The van der Waals surface area contributed by atoms with Crippen LogP contribution in [0.2, 0.25) is 5.15 Å². The Morgan fingerprint density at radius 1 is 1.27 bits per heavy atom. The second-order valence-electron chi connectivity index (χ2n) is 2.94. The minimum Gasteiger partial charge on any atom is -0.246 e. The molecule has 2 rings (SSSR count). The second kappa shape index (κ2) is 3.94. The molecule has 2 aromatic rings. The van der Waals surface area contributed by atoms with Crippen molar-refractivity contribution in [1.82, 2.24) is 15.0 Å². The number of hydrogen-bond donors (Lipinski definition) is 0. The summed E-state index contributed by atoms with van der Waals surface area (Å²) in [4.78, 5) is 0. The third kappa shape index (κ3) is 2.12. The van der Waals surface area contributed by atoms with E-state index in [1.54, 1.807) is 0 Å². The van der Waals surface area contributed by atoms with Crippen LogP contribution in [0.4, 0.5) is 8.78 Å². The highest BCUT2D eigenvalue weighted by Gasteiger charge is 2.09. The van der Waals surface area contributed by atoms with Crippen LogP contribution in [-0.4, -0.2) is 15.0 Å². The first-order valence-corrected chi connectivity index (χ1v) is 4.53. The zero-order valence-electron chi connectivity index (χ0n) is 7.49. The maximum absolute atomic E-state index is 13.2. The van der Waals surface area contributed by atoms with Gasteiger partial charge in [0.1, 0.15) is 11.6 Å². The molecule has 0 N–H and O–H groups in total. The van der Waals surface area contributed by atoms with E-state index >= 15 is 0 Å². The van der Waals surface area contributed by atoms with Crippen molar-refractivity contribution < 1.29 is 8.78 Å². The lowest BCUT2D eigenvalue weighted by atomic mass is 10.2. The fourth-order valence-corrected chi connectivity index (χ4v) is 1.34. The van der Waals surface area contributed by atoms with Gasteiger partial charge in [0.25, 0.3) is 0 Å². The number of rotatable bonds is 2. The monoisotopic (exact) mass is 229 g/mol. The molecule has 78 valence electrons. The SMILES string of the molecule is Fc1cccc(F)c1Cn1cc(Cl)nn1. The highest BCUT2D eigenvalue weighted by molar-refractivity contribution is 6.29. The molecule has 1 heterocycles. The zero-order valence-corrected chi connectivity index (χ0v) is 8.25. The summed E-state index contributed by atoms with van der Waals surface area (Å²) in [5.41, 5.74) is -0.0564. The van der Waals surface area contributed by atoms with Crippen LogP contribution >= 0.6 is 11.6 Å². The van der Waals surface area contributed by atoms with Crippen LogP contribution in [0.3, 0.4) is 0 Å². The van der Waals surface area contributed by atoms with E-state index in [1.807, 2.05) is 0 Å². The van der Waals surface area contributed by atoms with Crippen LogP contribution in [0, 0.1) is 11.6 Å². The standard InChI is InChI=1S/C9H6ClF2N3/c10-9-5-15(14-13-9)4-6-7(11)2-1-3-8(6)12/h1-3,5H,4H2. The summed E-state index contributed by atoms with van der Waals surface area (Å²) in [6.45, 7) is -0.0295. The van der Waals surface area contributed by atoms with Gasteiger partial charge in [0.2, 0.25) is 0 Å². The molecule has 6 heteroatoms. The number of hydrogen-bond acceptors (Lipinski definition) is 2. The Morgan fingerprint density at radius 3 is 2.47 bits per heavy atom. The Kier molecular flexibility index (Phi) is 2.64. The molecule has 0 fully saturated rings. The minimum atomic E-state index is -0.610. The van der Waals surface area contributed by atoms with Crippen molar-refractivity contribution in [2.75, 3.05) is 0 Å². The molecule has 1 aromatic carbocycles. The van der Waals surface area contributed by atoms with Crippen LogP contribution in [0.25, 0.3) is 0 Å². The van der Waals surface area contributed by atoms with Crippen molar-refractivity contribution in [2.45, 2.75) is 6.54 Å². The van der Waals surface area contributed by atoms with E-state index in [1.165, 1.54) is 29.1 Å². The average Bonchev–Trinajstić information content (AvgIpc) is 2.58. The summed E-state index contributed by atoms with van der Waals surface area (Å²) in [6, 6.07) is 3.69. The van der Waals surface area contributed by atoms with Gasteiger partial charge < -0.3 is 0 Å². The Balaban J connectivity index is 2.31. The van der Waals surface area contributed by atoms with Gasteiger partial charge in [0.05, 0.1) is 12.7 Å². The van der Waals surface area contributed by atoms with E-state index < -0.39 is 11.6 Å². The van der Waals surface area contributed by atoms with Crippen LogP contribution in [-0.2, 0) is 6.54 Å². The lowest BCUT2D eigenvalue weighted by Gasteiger charge is -2.03. The topological polar surface area (TPSA) is 30.7 Å². The van der Waals surface area contributed by atoms with Crippen LogP contribution < -0.4 is 0 Å². The zero-order chi connectivity index (χ0) is 10.8. The molecule has 15 heavy (non-hydrogen) atoms. The van der Waals surface area contributed by atoms with E-state index in [0.29, 0.717) is 0 Å². The third-order valence-corrected chi connectivity index (χ3v) is 2.07. The quantitative estimate of drug-likeness (QED) is 0.791. The van der Waals surface area contributed by atoms with E-state index in [-0.39, 0.29) is 17.3 Å². The van der Waals surface area contributed by atoms with Crippen molar-refractivity contribution in [1.29, 1.82) is 0 Å². The Hall–Kier alpha value is -1.49. The largest absolute Gasteiger partial charge is 0.246 e. The molecule has 0 aliphatic heterocycles. The maximum Gasteiger partial charge on any atom is 0.171 e. The van der Waals surface area contributed by atoms with Crippen molar-refractivity contribution in [3.8, 4) is 0 Å². The van der Waals surface area contributed by atoms with Gasteiger partial charge in [-0.2, -0.15) is 0 Å². The van der Waals surface area contributed by atoms with Crippen LogP contribution in [0.5, 0.6) is 0 Å². The Morgan fingerprint density at radius 2 is 1.93 bits per heavy atom. The fraction of sp³-hybridized carbons (Fsp3) is 0.111. The van der Waals surface area contributed by atoms with Gasteiger partial charge in [-0.05, 0) is 12.1 Å². The molecule has 0 spiro atoms. The van der Waals surface area contributed by atoms with Gasteiger partial charge in [-0.15, -0.1) is 5.10 Å². The van der Waals surface area contributed by atoms with Crippen LogP contribution in [0.1, 0.15) is 5.56 Å². The molecule has 0 bridgehead atoms. The molecule has 0 aliphatic rings. The molecule has 1 aromatic heterocycles. The van der Waals surface area contributed by atoms with Gasteiger partial charge in [0, 0.05) is 5.56 Å². The molecular formula is C9H6ClF2N3. The van der Waals surface area contributed by atoms with Crippen molar-refractivity contribution in [2.24, 2.45) is 0 Å². The smallest absolute Gasteiger partial charge is 0.171 e. The lowest BCUT2D eigenvalue weighted by Crippen LogP contribution is -2.05. The Bertz CT molecular complexity index is 464. The second-order valence-corrected chi connectivity index (χ2v) is 3.33. The highest BCUT2D eigenvalue weighted by Crippen LogP contribution is 2.13. The molecule has 0 amide bonds. The normalized spacial score (nSPS) is 10.6. The minimum absolute atomic E-state index is 0.0295. The highest BCUT2D eigenvalue weighted by atomic mass is 35.5. The summed E-state index contributed by atoms with van der Waals surface area (Å²) in [6.07, 6.45) is 1.40. The van der Waals surface area contributed by atoms with Gasteiger partial charge in [-0.25, -0.2) is 13.5 Å². The van der Waals surface area contributed by atoms with Crippen molar-refractivity contribution >= 4 is 11.6 Å². The average molecular weight is 230 g/mol. The number of halogens is 3. The predicted molar refractivity (Wildman–Crippen MR) is 50.5 cm³/mol. The van der Waals surface area contributed by atoms with Gasteiger partial charge in [0.15, 0.2) is 5.15 Å². The van der Waals surface area contributed by atoms with Crippen molar-refractivity contribution in [3.63, 3.8) is 0 Å². The summed E-state index contributed by atoms with van der Waals surface area (Å²) >= 11 is 5.52. The molecule has 0 saturated carbocycles. The number of aromatic nitrogens is 3. The van der Waals surface area contributed by atoms with E-state index in [2.05, 4.69) is 10.3 Å². The number of benzene rings is 1. The maximum atomic E-state index is 13.2. The van der Waals surface area contributed by atoms with E-state index in [9.17, 15) is 8.78 Å². The molecule has 0 saturated heterocycles. The molecular weight excluding hydrogens is 224 g/mol. The van der Waals surface area contributed by atoms with Gasteiger partial charge in [-0.1, -0.05) is 22.9 Å². The first-order valence-electron chi connectivity index (χ1n) is 4.15. The molecule has 3 nitrogen and oxygen atoms in total. The van der Waals surface area contributed by atoms with Gasteiger partial charge >= 0.3 is 0 Å². The number of nitrogens with zero attached hydrogens (tertiary/aromatic N) is 3. The molecule has 0 unspecified atom stereocenters. The van der Waals surface area contributed by atoms with E-state index in [0.717, 1.165) is 0 Å². The van der Waals surface area contributed by atoms with E-state index in [4.69, 9.17) is 11.6 Å². The summed E-state index contributed by atoms with van der Waals surface area (Å²) in [7, 11) is 0. The molecule has 0 atom stereocenters. The summed E-state index contributed by atoms with van der Waals surface area (Å²) in [5, 5.41) is 7.29. The molecule has 0 aliphatic carbocycles. The summed E-state index contributed by atoms with van der Waals surface area (Å²) < 4.78 is 27.7. The van der Waals surface area contributed by atoms with Crippen molar-refractivity contribution in [3.05, 3.63) is 46.7 Å². The lowest BCUT2D eigenvalue weighted by molar-refractivity contribution is 0.528. The van der Waals surface area contributed by atoms with Gasteiger partial charge in [-0.3, -0.25) is 0 Å². The third-order valence-electron chi connectivity index (χ3n) is 1.89.